The van der Waals surface area contributed by atoms with Crippen LogP contribution in [0.25, 0.3) is 0 Å². The number of carbonyl (C=O) groups is 1. The number of hydrogen-bond acceptors (Lipinski definition) is 2. The maximum atomic E-state index is 12.1. The molecule has 3 heteroatoms. The Bertz CT molecular complexity index is 397. The Morgan fingerprint density at radius 3 is 2.88 bits per heavy atom. The molecule has 0 saturated carbocycles. The Kier molecular flexibility index (Phi) is 3.79. The number of amides is 1. The molecule has 1 aromatic rings. The van der Waals surface area contributed by atoms with Crippen molar-refractivity contribution in [2.45, 2.75) is 38.8 Å². The minimum atomic E-state index is -0.00824. The van der Waals surface area contributed by atoms with Gasteiger partial charge in [-0.15, -0.1) is 0 Å². The first kappa shape index (κ1) is 12.1. The molecule has 0 spiro atoms. The van der Waals surface area contributed by atoms with Crippen LogP contribution < -0.4 is 5.32 Å². The molecule has 0 radical (unpaired) electrons. The Morgan fingerprint density at radius 2 is 2.24 bits per heavy atom. The Hall–Kier alpha value is -1.35. The van der Waals surface area contributed by atoms with Crippen LogP contribution in [0, 0.1) is 6.92 Å². The van der Waals surface area contributed by atoms with E-state index in [0.29, 0.717) is 0 Å². The van der Waals surface area contributed by atoms with Crippen LogP contribution in [0.15, 0.2) is 24.3 Å². The van der Waals surface area contributed by atoms with Crippen LogP contribution in [0.4, 0.5) is 0 Å². The van der Waals surface area contributed by atoms with Gasteiger partial charge in [-0.1, -0.05) is 18.2 Å². The normalized spacial score (nSPS) is 21.2. The summed E-state index contributed by atoms with van der Waals surface area (Å²) in [4.78, 5) is 12.1. The second-order valence-electron chi connectivity index (χ2n) is 4.63. The topological polar surface area (TPSA) is 38.3 Å². The quantitative estimate of drug-likeness (QED) is 0.870. The van der Waals surface area contributed by atoms with Crippen LogP contribution in [-0.4, -0.2) is 24.7 Å². The fraction of sp³-hybridized carbons (Fsp3) is 0.500. The minimum Gasteiger partial charge on any atom is -0.376 e. The molecular formula is C14H19NO2. The molecule has 2 rings (SSSR count). The fourth-order valence-corrected chi connectivity index (χ4v) is 2.20. The molecule has 3 nitrogen and oxygen atoms in total. The lowest BCUT2D eigenvalue weighted by atomic mass is 10.1. The fourth-order valence-electron chi connectivity index (χ4n) is 2.20. The maximum absolute atomic E-state index is 12.1. The van der Waals surface area contributed by atoms with E-state index in [0.717, 1.165) is 30.6 Å². The van der Waals surface area contributed by atoms with Crippen LogP contribution in [-0.2, 0) is 4.74 Å². The average molecular weight is 233 g/mol. The van der Waals surface area contributed by atoms with E-state index in [2.05, 4.69) is 5.32 Å². The highest BCUT2D eigenvalue weighted by molar-refractivity contribution is 5.95. The van der Waals surface area contributed by atoms with E-state index >= 15 is 0 Å². The van der Waals surface area contributed by atoms with Gasteiger partial charge in [-0.3, -0.25) is 4.79 Å². The molecule has 1 heterocycles. The number of carbonyl (C=O) groups excluding carboxylic acids is 1. The van der Waals surface area contributed by atoms with Gasteiger partial charge >= 0.3 is 0 Å². The summed E-state index contributed by atoms with van der Waals surface area (Å²) in [7, 11) is 0. The summed E-state index contributed by atoms with van der Waals surface area (Å²) in [5.41, 5.74) is 1.75. The first-order valence-corrected chi connectivity index (χ1v) is 6.16. The Balaban J connectivity index is 1.99. The molecule has 0 bridgehead atoms. The second-order valence-corrected chi connectivity index (χ2v) is 4.63. The summed E-state index contributed by atoms with van der Waals surface area (Å²) in [6.07, 6.45) is 2.30. The summed E-state index contributed by atoms with van der Waals surface area (Å²) in [5, 5.41) is 3.02. The average Bonchev–Trinajstić information content (AvgIpc) is 2.82. The highest BCUT2D eigenvalue weighted by atomic mass is 16.5. The molecule has 92 valence electrons. The third-order valence-corrected chi connectivity index (χ3v) is 3.27. The van der Waals surface area contributed by atoms with Crippen LogP contribution in [0.1, 0.15) is 35.7 Å². The Labute approximate surface area is 102 Å². The molecule has 0 aromatic heterocycles. The molecule has 0 aliphatic carbocycles. The molecule has 1 saturated heterocycles. The lowest BCUT2D eigenvalue weighted by Crippen LogP contribution is -2.41. The largest absolute Gasteiger partial charge is 0.376 e. The molecule has 17 heavy (non-hydrogen) atoms. The zero-order valence-corrected chi connectivity index (χ0v) is 10.4. The summed E-state index contributed by atoms with van der Waals surface area (Å²) < 4.78 is 5.57. The SMILES string of the molecule is Cc1ccccc1C(=O)N[C@H](C)[C@@H]1CCCO1. The molecule has 1 amide bonds. The van der Waals surface area contributed by atoms with Crippen LogP contribution in [0.5, 0.6) is 0 Å². The minimum absolute atomic E-state index is 0.00824. The van der Waals surface area contributed by atoms with E-state index in [4.69, 9.17) is 4.74 Å². The van der Waals surface area contributed by atoms with Crippen LogP contribution in [0.3, 0.4) is 0 Å². The number of ether oxygens (including phenoxy) is 1. The summed E-state index contributed by atoms with van der Waals surface area (Å²) in [6, 6.07) is 7.71. The second kappa shape index (κ2) is 5.32. The van der Waals surface area contributed by atoms with Crippen molar-refractivity contribution in [3.05, 3.63) is 35.4 Å². The predicted molar refractivity (Wildman–Crippen MR) is 67.1 cm³/mol. The standard InChI is InChI=1S/C14H19NO2/c1-10-6-3-4-7-12(10)14(16)15-11(2)13-8-5-9-17-13/h3-4,6-7,11,13H,5,8-9H2,1-2H3,(H,15,16)/t11-,13+/m1/s1. The third-order valence-electron chi connectivity index (χ3n) is 3.27. The van der Waals surface area contributed by atoms with Gasteiger partial charge in [-0.25, -0.2) is 0 Å². The van der Waals surface area contributed by atoms with E-state index in [-0.39, 0.29) is 18.1 Å². The third kappa shape index (κ3) is 2.86. The zero-order valence-electron chi connectivity index (χ0n) is 10.4. The lowest BCUT2D eigenvalue weighted by molar-refractivity contribution is 0.0712. The number of rotatable bonds is 3. The van der Waals surface area contributed by atoms with E-state index in [1.165, 1.54) is 0 Å². The van der Waals surface area contributed by atoms with Gasteiger partial charge in [0.1, 0.15) is 0 Å². The molecule has 1 aliphatic heterocycles. The van der Waals surface area contributed by atoms with Crippen molar-refractivity contribution in [2.75, 3.05) is 6.61 Å². The smallest absolute Gasteiger partial charge is 0.251 e. The first-order valence-electron chi connectivity index (χ1n) is 6.16. The molecule has 1 N–H and O–H groups in total. The van der Waals surface area contributed by atoms with Crippen LogP contribution >= 0.6 is 0 Å². The highest BCUT2D eigenvalue weighted by Gasteiger charge is 2.24. The van der Waals surface area contributed by atoms with Gasteiger partial charge in [-0.05, 0) is 38.3 Å². The van der Waals surface area contributed by atoms with Crippen molar-refractivity contribution < 1.29 is 9.53 Å². The molecule has 0 unspecified atom stereocenters. The maximum Gasteiger partial charge on any atom is 0.251 e. The van der Waals surface area contributed by atoms with E-state index in [1.807, 2.05) is 38.1 Å². The van der Waals surface area contributed by atoms with E-state index in [9.17, 15) is 4.79 Å². The molecule has 1 aromatic carbocycles. The van der Waals surface area contributed by atoms with Gasteiger partial charge in [0.05, 0.1) is 12.1 Å². The predicted octanol–water partition coefficient (Wildman–Crippen LogP) is 2.29. The van der Waals surface area contributed by atoms with Crippen molar-refractivity contribution >= 4 is 5.91 Å². The van der Waals surface area contributed by atoms with Gasteiger partial charge in [0.2, 0.25) is 0 Å². The van der Waals surface area contributed by atoms with Gasteiger partial charge in [0.25, 0.3) is 5.91 Å². The van der Waals surface area contributed by atoms with Crippen molar-refractivity contribution in [1.82, 2.24) is 5.32 Å². The lowest BCUT2D eigenvalue weighted by Gasteiger charge is -2.20. The molecule has 1 aliphatic rings. The van der Waals surface area contributed by atoms with Crippen molar-refractivity contribution in [2.24, 2.45) is 0 Å². The van der Waals surface area contributed by atoms with Gasteiger partial charge in [0, 0.05) is 12.2 Å². The molecular weight excluding hydrogens is 214 g/mol. The summed E-state index contributed by atoms with van der Waals surface area (Å²) in [6.45, 7) is 4.77. The van der Waals surface area contributed by atoms with Crippen molar-refractivity contribution in [1.29, 1.82) is 0 Å². The highest BCUT2D eigenvalue weighted by Crippen LogP contribution is 2.16. The Morgan fingerprint density at radius 1 is 1.47 bits per heavy atom. The van der Waals surface area contributed by atoms with Gasteiger partial charge in [-0.2, -0.15) is 0 Å². The first-order chi connectivity index (χ1) is 8.18. The molecule has 1 fully saturated rings. The van der Waals surface area contributed by atoms with E-state index in [1.54, 1.807) is 0 Å². The number of hydrogen-bond donors (Lipinski definition) is 1. The van der Waals surface area contributed by atoms with Crippen molar-refractivity contribution in [3.63, 3.8) is 0 Å². The summed E-state index contributed by atoms with van der Waals surface area (Å²) in [5.74, 6) is -0.00824. The zero-order chi connectivity index (χ0) is 12.3. The van der Waals surface area contributed by atoms with Gasteiger partial charge in [0.15, 0.2) is 0 Å². The number of benzene rings is 1. The number of nitrogens with one attached hydrogen (secondary N) is 1. The van der Waals surface area contributed by atoms with Gasteiger partial charge < -0.3 is 10.1 Å². The van der Waals surface area contributed by atoms with Crippen LogP contribution in [0.2, 0.25) is 0 Å². The monoisotopic (exact) mass is 233 g/mol. The number of aryl methyl sites for hydroxylation is 1. The van der Waals surface area contributed by atoms with Crippen molar-refractivity contribution in [3.8, 4) is 0 Å². The summed E-state index contributed by atoms with van der Waals surface area (Å²) >= 11 is 0. The molecule has 2 atom stereocenters. The van der Waals surface area contributed by atoms with E-state index < -0.39 is 0 Å².